The first-order valence-electron chi connectivity index (χ1n) is 15.2. The maximum atomic E-state index is 7.04. The molecule has 0 aliphatic carbocycles. The third kappa shape index (κ3) is 5.23. The molecule has 6 rings (SSSR count). The molecule has 5 aromatic rings. The van der Waals surface area contributed by atoms with Crippen LogP contribution in [0.1, 0.15) is 84.6 Å². The Balaban J connectivity index is 1.67. The van der Waals surface area contributed by atoms with Crippen molar-refractivity contribution in [3.8, 4) is 22.8 Å². The zero-order valence-corrected chi connectivity index (χ0v) is 26.7. The molecule has 1 aromatic heterocycles. The molecular weight excluding hydrogens is 498 g/mol. The van der Waals surface area contributed by atoms with Crippen molar-refractivity contribution >= 4 is 32.3 Å². The number of nitrogens with zero attached hydrogens (tertiary/aromatic N) is 1. The smallest absolute Gasteiger partial charge is 0.140 e. The predicted octanol–water partition coefficient (Wildman–Crippen LogP) is 11.4. The summed E-state index contributed by atoms with van der Waals surface area (Å²) in [6, 6.07) is 18.5. The van der Waals surface area contributed by atoms with E-state index in [0.29, 0.717) is 0 Å². The first-order chi connectivity index (χ1) is 19.1. The molecular formula is C39H45NO. The van der Waals surface area contributed by atoms with E-state index in [4.69, 9.17) is 9.72 Å². The standard InChI is InChI=1S/C39H45NO/c1-23-11-13-25(21-38(5,6)7)29-19-32-34-28(33(23)29)15-16-40-35(34)30-18-26-17-24(20-37(2,3)4)12-14-27(26)31(36(30)41-32)22-39(8,9)10/h11-19H,20-22H2,1-10H3. The van der Waals surface area contributed by atoms with Gasteiger partial charge in [0.25, 0.3) is 0 Å². The molecule has 4 aromatic carbocycles. The van der Waals surface area contributed by atoms with E-state index >= 15 is 0 Å². The molecule has 0 amide bonds. The number of aryl methyl sites for hydroxylation is 1. The van der Waals surface area contributed by atoms with Gasteiger partial charge in [-0.15, -0.1) is 0 Å². The van der Waals surface area contributed by atoms with Crippen LogP contribution in [0.5, 0.6) is 11.5 Å². The van der Waals surface area contributed by atoms with E-state index in [-0.39, 0.29) is 16.2 Å². The lowest BCUT2D eigenvalue weighted by molar-refractivity contribution is 0.400. The van der Waals surface area contributed by atoms with Crippen LogP contribution in [0.2, 0.25) is 0 Å². The Morgan fingerprint density at radius 1 is 0.659 bits per heavy atom. The Hall–Kier alpha value is -3.39. The summed E-state index contributed by atoms with van der Waals surface area (Å²) >= 11 is 0. The summed E-state index contributed by atoms with van der Waals surface area (Å²) in [6.07, 6.45) is 4.98. The van der Waals surface area contributed by atoms with Crippen LogP contribution < -0.4 is 4.74 Å². The Kier molecular flexibility index (Phi) is 6.31. The van der Waals surface area contributed by atoms with Gasteiger partial charge in [0.05, 0.1) is 11.1 Å². The van der Waals surface area contributed by atoms with Crippen molar-refractivity contribution in [1.29, 1.82) is 0 Å². The lowest BCUT2D eigenvalue weighted by Crippen LogP contribution is -2.13. The molecule has 41 heavy (non-hydrogen) atoms. The minimum atomic E-state index is 0.107. The number of aromatic nitrogens is 1. The molecule has 0 radical (unpaired) electrons. The van der Waals surface area contributed by atoms with Gasteiger partial charge in [0.1, 0.15) is 11.5 Å². The first kappa shape index (κ1) is 27.8. The average molecular weight is 544 g/mol. The molecule has 1 aliphatic heterocycles. The van der Waals surface area contributed by atoms with Gasteiger partial charge in [-0.3, -0.25) is 4.98 Å². The van der Waals surface area contributed by atoms with Crippen LogP contribution in [-0.2, 0) is 19.3 Å². The number of benzene rings is 4. The minimum absolute atomic E-state index is 0.107. The van der Waals surface area contributed by atoms with Crippen LogP contribution in [0.25, 0.3) is 43.6 Å². The molecule has 212 valence electrons. The number of pyridine rings is 1. The van der Waals surface area contributed by atoms with E-state index in [2.05, 4.69) is 118 Å². The Morgan fingerprint density at radius 3 is 2.05 bits per heavy atom. The molecule has 0 fully saturated rings. The van der Waals surface area contributed by atoms with Crippen LogP contribution in [-0.4, -0.2) is 4.98 Å². The van der Waals surface area contributed by atoms with Crippen LogP contribution in [0, 0.1) is 23.2 Å². The third-order valence-electron chi connectivity index (χ3n) is 8.18. The molecule has 2 nitrogen and oxygen atoms in total. The van der Waals surface area contributed by atoms with Gasteiger partial charge in [-0.1, -0.05) is 92.6 Å². The van der Waals surface area contributed by atoms with Gasteiger partial charge in [-0.05, 0) is 104 Å². The maximum absolute atomic E-state index is 7.04. The molecule has 0 bridgehead atoms. The molecule has 0 N–H and O–H groups in total. The fourth-order valence-corrected chi connectivity index (χ4v) is 6.77. The lowest BCUT2D eigenvalue weighted by Gasteiger charge is -2.29. The zero-order chi connectivity index (χ0) is 29.5. The fourth-order valence-electron chi connectivity index (χ4n) is 6.77. The summed E-state index contributed by atoms with van der Waals surface area (Å²) in [5.41, 5.74) is 8.03. The minimum Gasteiger partial charge on any atom is -0.456 e. The van der Waals surface area contributed by atoms with Crippen molar-refractivity contribution in [3.63, 3.8) is 0 Å². The normalized spacial score (nSPS) is 13.6. The van der Waals surface area contributed by atoms with Crippen molar-refractivity contribution < 1.29 is 4.74 Å². The zero-order valence-electron chi connectivity index (χ0n) is 26.7. The van der Waals surface area contributed by atoms with Crippen molar-refractivity contribution in [2.24, 2.45) is 16.2 Å². The van der Waals surface area contributed by atoms with E-state index in [1.165, 1.54) is 49.2 Å². The largest absolute Gasteiger partial charge is 0.456 e. The number of hydrogen-bond donors (Lipinski definition) is 0. The third-order valence-corrected chi connectivity index (χ3v) is 8.18. The Morgan fingerprint density at radius 2 is 1.37 bits per heavy atom. The number of hydrogen-bond acceptors (Lipinski definition) is 2. The van der Waals surface area contributed by atoms with Gasteiger partial charge in [0.2, 0.25) is 0 Å². The maximum Gasteiger partial charge on any atom is 0.140 e. The van der Waals surface area contributed by atoms with Gasteiger partial charge < -0.3 is 4.74 Å². The van der Waals surface area contributed by atoms with Crippen molar-refractivity contribution in [3.05, 3.63) is 77.0 Å². The Labute approximate surface area is 246 Å². The number of fused-ring (bicyclic) bond motifs is 5. The van der Waals surface area contributed by atoms with Gasteiger partial charge in [-0.25, -0.2) is 0 Å². The van der Waals surface area contributed by atoms with E-state index in [0.717, 1.165) is 47.4 Å². The predicted molar refractivity (Wildman–Crippen MR) is 176 cm³/mol. The monoisotopic (exact) mass is 543 g/mol. The van der Waals surface area contributed by atoms with Gasteiger partial charge in [-0.2, -0.15) is 0 Å². The van der Waals surface area contributed by atoms with Crippen molar-refractivity contribution in [2.75, 3.05) is 0 Å². The highest BCUT2D eigenvalue weighted by molar-refractivity contribution is 6.18. The van der Waals surface area contributed by atoms with Crippen LogP contribution in [0.4, 0.5) is 0 Å². The SMILES string of the molecule is Cc1ccc(CC(C)(C)C)c2cc3c4c(nccc4c12)-c1cc2cc(CC(C)(C)C)ccc2c(CC(C)(C)C)c1O3. The highest BCUT2D eigenvalue weighted by Crippen LogP contribution is 2.52. The van der Waals surface area contributed by atoms with E-state index < -0.39 is 0 Å². The molecule has 1 aliphatic rings. The summed E-state index contributed by atoms with van der Waals surface area (Å²) in [5.74, 6) is 1.91. The molecule has 0 atom stereocenters. The van der Waals surface area contributed by atoms with Crippen LogP contribution in [0.3, 0.4) is 0 Å². The summed E-state index contributed by atoms with van der Waals surface area (Å²) in [7, 11) is 0. The van der Waals surface area contributed by atoms with E-state index in [1.54, 1.807) is 0 Å². The average Bonchev–Trinajstić information content (AvgIpc) is 2.83. The molecule has 0 saturated carbocycles. The Bertz CT molecular complexity index is 1840. The topological polar surface area (TPSA) is 22.1 Å². The van der Waals surface area contributed by atoms with Gasteiger partial charge in [0.15, 0.2) is 0 Å². The summed E-state index contributed by atoms with van der Waals surface area (Å²) in [5, 5.41) is 7.56. The second-order valence-electron chi connectivity index (χ2n) is 16.0. The molecule has 0 unspecified atom stereocenters. The van der Waals surface area contributed by atoms with Gasteiger partial charge >= 0.3 is 0 Å². The number of ether oxygens (including phenoxy) is 1. The van der Waals surface area contributed by atoms with Gasteiger partial charge in [0, 0.05) is 17.3 Å². The summed E-state index contributed by atoms with van der Waals surface area (Å²) in [6.45, 7) is 23.1. The van der Waals surface area contributed by atoms with Crippen molar-refractivity contribution in [2.45, 2.75) is 88.5 Å². The highest BCUT2D eigenvalue weighted by atomic mass is 16.5. The molecule has 0 spiro atoms. The van der Waals surface area contributed by atoms with E-state index in [1.807, 2.05) is 6.20 Å². The van der Waals surface area contributed by atoms with E-state index in [9.17, 15) is 0 Å². The lowest BCUT2D eigenvalue weighted by atomic mass is 9.81. The fraction of sp³-hybridized carbons (Fsp3) is 0.410. The number of rotatable bonds is 3. The second kappa shape index (κ2) is 9.31. The quantitative estimate of drug-likeness (QED) is 0.207. The van der Waals surface area contributed by atoms with Crippen LogP contribution >= 0.6 is 0 Å². The summed E-state index contributed by atoms with van der Waals surface area (Å²) < 4.78 is 7.04. The first-order valence-corrected chi connectivity index (χ1v) is 15.2. The molecule has 2 heteroatoms. The molecule has 2 heterocycles. The van der Waals surface area contributed by atoms with Crippen LogP contribution in [0.15, 0.2) is 54.7 Å². The van der Waals surface area contributed by atoms with Crippen molar-refractivity contribution in [1.82, 2.24) is 4.98 Å². The highest BCUT2D eigenvalue weighted by Gasteiger charge is 2.29. The molecule has 0 saturated heterocycles. The summed E-state index contributed by atoms with van der Waals surface area (Å²) in [4.78, 5) is 5.04. The second-order valence-corrected chi connectivity index (χ2v) is 16.0.